The van der Waals surface area contributed by atoms with Crippen LogP contribution in [0.4, 0.5) is 0 Å². The first-order valence-electron chi connectivity index (χ1n) is 6.40. The highest BCUT2D eigenvalue weighted by Gasteiger charge is 2.16. The van der Waals surface area contributed by atoms with E-state index in [0.717, 1.165) is 18.7 Å². The molecule has 1 rings (SSSR count). The highest BCUT2D eigenvalue weighted by Crippen LogP contribution is 2.23. The second-order valence-electron chi connectivity index (χ2n) is 4.73. The van der Waals surface area contributed by atoms with Gasteiger partial charge in [0.2, 0.25) is 0 Å². The fourth-order valence-corrected chi connectivity index (χ4v) is 3.21. The van der Waals surface area contributed by atoms with Gasteiger partial charge in [-0.2, -0.15) is 16.9 Å². The summed E-state index contributed by atoms with van der Waals surface area (Å²) in [5.74, 6) is 1.22. The van der Waals surface area contributed by atoms with Gasteiger partial charge in [0.1, 0.15) is 0 Å². The van der Waals surface area contributed by atoms with Crippen molar-refractivity contribution < 1.29 is 0 Å². The lowest BCUT2D eigenvalue weighted by Gasteiger charge is -2.24. The van der Waals surface area contributed by atoms with Gasteiger partial charge in [-0.05, 0) is 54.8 Å². The lowest BCUT2D eigenvalue weighted by Crippen LogP contribution is -2.30. The van der Waals surface area contributed by atoms with Crippen LogP contribution in [0.25, 0.3) is 0 Å². The molecule has 18 heavy (non-hydrogen) atoms. The van der Waals surface area contributed by atoms with Crippen LogP contribution in [0.1, 0.15) is 31.7 Å². The minimum Gasteiger partial charge on any atom is -0.298 e. The molecule has 0 aliphatic carbocycles. The minimum atomic E-state index is 0.601. The van der Waals surface area contributed by atoms with Crippen LogP contribution in [0, 0.1) is 0 Å². The second-order valence-corrected chi connectivity index (χ2v) is 6.51. The molecule has 0 saturated carbocycles. The minimum absolute atomic E-state index is 0.601. The van der Waals surface area contributed by atoms with Crippen LogP contribution < -0.4 is 0 Å². The molecule has 104 valence electrons. The van der Waals surface area contributed by atoms with Gasteiger partial charge < -0.3 is 0 Å². The summed E-state index contributed by atoms with van der Waals surface area (Å²) in [6.45, 7) is 5.38. The summed E-state index contributed by atoms with van der Waals surface area (Å²) in [5, 5.41) is 4.54. The van der Waals surface area contributed by atoms with E-state index in [4.69, 9.17) is 0 Å². The molecule has 3 nitrogen and oxygen atoms in total. The van der Waals surface area contributed by atoms with Crippen LogP contribution in [0.2, 0.25) is 0 Å². The number of rotatable bonds is 7. The molecule has 0 aliphatic rings. The molecule has 1 heterocycles. The Kier molecular flexibility index (Phi) is 6.74. The molecule has 0 aromatic carbocycles. The molecule has 1 aromatic rings. The molecule has 0 spiro atoms. The monoisotopic (exact) mass is 333 g/mol. The van der Waals surface area contributed by atoms with Crippen molar-refractivity contribution in [1.82, 2.24) is 14.7 Å². The van der Waals surface area contributed by atoms with Crippen molar-refractivity contribution >= 4 is 27.7 Å². The predicted octanol–water partition coefficient (Wildman–Crippen LogP) is 3.32. The van der Waals surface area contributed by atoms with Gasteiger partial charge >= 0.3 is 0 Å². The van der Waals surface area contributed by atoms with Crippen LogP contribution in [0.3, 0.4) is 0 Å². The lowest BCUT2D eigenvalue weighted by atomic mass is 10.2. The Hall–Kier alpha value is -0.000000000000000111. The first-order valence-corrected chi connectivity index (χ1v) is 8.59. The van der Waals surface area contributed by atoms with E-state index in [0.29, 0.717) is 6.04 Å². The van der Waals surface area contributed by atoms with Crippen molar-refractivity contribution in [3.05, 3.63) is 15.9 Å². The molecule has 0 N–H and O–H groups in total. The number of nitrogens with zero attached hydrogens (tertiary/aromatic N) is 3. The molecule has 0 bridgehead atoms. The van der Waals surface area contributed by atoms with Gasteiger partial charge in [-0.3, -0.25) is 9.58 Å². The zero-order valence-electron chi connectivity index (χ0n) is 12.0. The van der Waals surface area contributed by atoms with E-state index < -0.39 is 0 Å². The Morgan fingerprint density at radius 2 is 2.17 bits per heavy atom. The Morgan fingerprint density at radius 1 is 1.50 bits per heavy atom. The van der Waals surface area contributed by atoms with E-state index in [1.165, 1.54) is 22.3 Å². The molecule has 0 saturated heterocycles. The maximum absolute atomic E-state index is 4.54. The molecular weight excluding hydrogens is 310 g/mol. The third kappa shape index (κ3) is 4.00. The summed E-state index contributed by atoms with van der Waals surface area (Å²) >= 11 is 5.59. The third-order valence-corrected chi connectivity index (χ3v) is 4.95. The van der Waals surface area contributed by atoms with Crippen molar-refractivity contribution in [2.75, 3.05) is 19.1 Å². The maximum Gasteiger partial charge on any atom is 0.0767 e. The Morgan fingerprint density at radius 3 is 2.67 bits per heavy atom. The summed E-state index contributed by atoms with van der Waals surface area (Å²) in [6.07, 6.45) is 4.37. The predicted molar refractivity (Wildman–Crippen MR) is 84.2 cm³/mol. The van der Waals surface area contributed by atoms with Crippen LogP contribution >= 0.6 is 27.7 Å². The van der Waals surface area contributed by atoms with Crippen LogP contribution in [-0.4, -0.2) is 39.8 Å². The third-order valence-electron chi connectivity index (χ3n) is 3.39. The fourth-order valence-electron chi connectivity index (χ4n) is 1.89. The Balaban J connectivity index is 2.69. The first kappa shape index (κ1) is 16.1. The lowest BCUT2D eigenvalue weighted by molar-refractivity contribution is 0.238. The van der Waals surface area contributed by atoms with Crippen molar-refractivity contribution in [2.45, 2.75) is 39.3 Å². The summed E-state index contributed by atoms with van der Waals surface area (Å²) < 4.78 is 3.18. The molecule has 1 atom stereocenters. The average molecular weight is 334 g/mol. The van der Waals surface area contributed by atoms with Crippen molar-refractivity contribution in [2.24, 2.45) is 7.05 Å². The molecule has 1 unspecified atom stereocenters. The quantitative estimate of drug-likeness (QED) is 0.763. The van der Waals surface area contributed by atoms with Gasteiger partial charge in [-0.15, -0.1) is 0 Å². The van der Waals surface area contributed by atoms with Gasteiger partial charge in [0.25, 0.3) is 0 Å². The molecule has 0 amide bonds. The molecule has 0 radical (unpaired) electrons. The van der Waals surface area contributed by atoms with Gasteiger partial charge in [0, 0.05) is 19.6 Å². The zero-order valence-corrected chi connectivity index (χ0v) is 14.4. The number of aromatic nitrogens is 2. The molecule has 5 heteroatoms. The van der Waals surface area contributed by atoms with Crippen molar-refractivity contribution in [1.29, 1.82) is 0 Å². The van der Waals surface area contributed by atoms with Crippen LogP contribution in [0.5, 0.6) is 0 Å². The molecule has 0 aliphatic heterocycles. The van der Waals surface area contributed by atoms with Gasteiger partial charge in [0.05, 0.1) is 15.9 Å². The van der Waals surface area contributed by atoms with E-state index in [-0.39, 0.29) is 0 Å². The SMILES string of the molecule is CCc1nn(C)c(CN(C)C(C)CCSC)c1Br. The summed E-state index contributed by atoms with van der Waals surface area (Å²) in [7, 11) is 4.22. The molecule has 0 fully saturated rings. The standard InChI is InChI=1S/C13H24BrN3S/c1-6-11-13(14)12(17(4)15-11)9-16(3)10(2)7-8-18-5/h10H,6-9H2,1-5H3. The highest BCUT2D eigenvalue weighted by molar-refractivity contribution is 9.10. The summed E-state index contributed by atoms with van der Waals surface area (Å²) in [6, 6.07) is 0.601. The zero-order chi connectivity index (χ0) is 13.7. The number of aryl methyl sites for hydroxylation is 2. The van der Waals surface area contributed by atoms with Crippen molar-refractivity contribution in [3.63, 3.8) is 0 Å². The van der Waals surface area contributed by atoms with Gasteiger partial charge in [-0.25, -0.2) is 0 Å². The largest absolute Gasteiger partial charge is 0.298 e. The number of halogens is 1. The Labute approximate surface area is 123 Å². The van der Waals surface area contributed by atoms with Crippen molar-refractivity contribution in [3.8, 4) is 0 Å². The number of hydrogen-bond donors (Lipinski definition) is 0. The molecule has 1 aromatic heterocycles. The number of thioether (sulfide) groups is 1. The molecular formula is C13H24BrN3S. The van der Waals surface area contributed by atoms with E-state index in [1.54, 1.807) is 0 Å². The summed E-state index contributed by atoms with van der Waals surface area (Å²) in [4.78, 5) is 2.40. The van der Waals surface area contributed by atoms with E-state index in [9.17, 15) is 0 Å². The highest BCUT2D eigenvalue weighted by atomic mass is 79.9. The topological polar surface area (TPSA) is 21.1 Å². The summed E-state index contributed by atoms with van der Waals surface area (Å²) in [5.41, 5.74) is 2.42. The van der Waals surface area contributed by atoms with E-state index in [2.05, 4.69) is 53.1 Å². The van der Waals surface area contributed by atoms with Crippen LogP contribution in [0.15, 0.2) is 4.47 Å². The van der Waals surface area contributed by atoms with Crippen LogP contribution in [-0.2, 0) is 20.0 Å². The first-order chi connectivity index (χ1) is 8.51. The van der Waals surface area contributed by atoms with E-state index in [1.807, 2.05) is 23.5 Å². The van der Waals surface area contributed by atoms with Gasteiger partial charge in [0.15, 0.2) is 0 Å². The Bertz CT molecular complexity index is 379. The number of hydrogen-bond acceptors (Lipinski definition) is 3. The van der Waals surface area contributed by atoms with E-state index >= 15 is 0 Å². The smallest absolute Gasteiger partial charge is 0.0767 e. The van der Waals surface area contributed by atoms with Gasteiger partial charge in [-0.1, -0.05) is 6.92 Å². The second kappa shape index (κ2) is 7.56. The fraction of sp³-hybridized carbons (Fsp3) is 0.769. The average Bonchev–Trinajstić information content (AvgIpc) is 2.63. The maximum atomic E-state index is 4.54. The normalized spacial score (nSPS) is 13.3.